The molecule has 1 N–H and O–H groups in total. The lowest BCUT2D eigenvalue weighted by molar-refractivity contribution is 0.475. The lowest BCUT2D eigenvalue weighted by Crippen LogP contribution is -1.83. The fraction of sp³-hybridized carbons (Fsp3) is 0.0667. The van der Waals surface area contributed by atoms with E-state index in [1.54, 1.807) is 35.4 Å². The molecule has 3 rings (SSSR count). The van der Waals surface area contributed by atoms with Crippen LogP contribution in [0.1, 0.15) is 5.56 Å². The highest BCUT2D eigenvalue weighted by molar-refractivity contribution is 8.00. The highest BCUT2D eigenvalue weighted by Crippen LogP contribution is 2.32. The molecule has 112 valence electrons. The number of rotatable bonds is 3. The van der Waals surface area contributed by atoms with Crippen molar-refractivity contribution in [2.45, 2.75) is 4.34 Å². The molecule has 22 heavy (non-hydrogen) atoms. The van der Waals surface area contributed by atoms with E-state index < -0.39 is 0 Å². The van der Waals surface area contributed by atoms with E-state index in [-0.39, 0.29) is 10.8 Å². The van der Waals surface area contributed by atoms with Crippen LogP contribution in [-0.2, 0) is 0 Å². The highest BCUT2D eigenvalue weighted by atomic mass is 35.5. The van der Waals surface area contributed by atoms with Gasteiger partial charge < -0.3 is 5.11 Å². The van der Waals surface area contributed by atoms with Crippen LogP contribution < -0.4 is 0 Å². The van der Waals surface area contributed by atoms with Crippen LogP contribution in [0.4, 0.5) is 5.69 Å². The van der Waals surface area contributed by atoms with Gasteiger partial charge in [0, 0.05) is 16.8 Å². The molecule has 7 heteroatoms. The molecule has 0 saturated heterocycles. The summed E-state index contributed by atoms with van der Waals surface area (Å²) in [7, 11) is 0. The Kier molecular flexibility index (Phi) is 4.59. The summed E-state index contributed by atoms with van der Waals surface area (Å²) >= 11 is 15.1. The second-order valence-electron chi connectivity index (χ2n) is 4.42. The average Bonchev–Trinajstić information content (AvgIpc) is 2.91. The first-order valence-corrected chi connectivity index (χ1v) is 9.03. The van der Waals surface area contributed by atoms with E-state index in [9.17, 15) is 5.11 Å². The van der Waals surface area contributed by atoms with E-state index in [2.05, 4.69) is 9.98 Å². The van der Waals surface area contributed by atoms with E-state index >= 15 is 0 Å². The van der Waals surface area contributed by atoms with Crippen molar-refractivity contribution in [2.24, 2.45) is 4.99 Å². The number of benzene rings is 2. The molecule has 0 atom stereocenters. The van der Waals surface area contributed by atoms with E-state index in [1.807, 2.05) is 24.5 Å². The smallest absolute Gasteiger partial charge is 0.150 e. The summed E-state index contributed by atoms with van der Waals surface area (Å²) in [5, 5.41) is 10.6. The minimum atomic E-state index is -0.0293. The Balaban J connectivity index is 1.95. The molecule has 3 nitrogen and oxygen atoms in total. The highest BCUT2D eigenvalue weighted by Gasteiger charge is 2.06. The van der Waals surface area contributed by atoms with Gasteiger partial charge >= 0.3 is 0 Å². The zero-order valence-corrected chi connectivity index (χ0v) is 14.5. The lowest BCUT2D eigenvalue weighted by Gasteiger charge is -2.02. The molecule has 0 aliphatic rings. The lowest BCUT2D eigenvalue weighted by atomic mass is 10.2. The first-order valence-electron chi connectivity index (χ1n) is 6.23. The minimum Gasteiger partial charge on any atom is -0.506 e. The number of phenolic OH excluding ortho intramolecular Hbond substituents is 1. The molecule has 0 bridgehead atoms. The van der Waals surface area contributed by atoms with Gasteiger partial charge in [-0.15, -0.1) is 11.3 Å². The fourth-order valence-corrected chi connectivity index (χ4v) is 3.92. The summed E-state index contributed by atoms with van der Waals surface area (Å²) < 4.78 is 2.10. The molecule has 0 saturated carbocycles. The number of thioether (sulfide) groups is 1. The van der Waals surface area contributed by atoms with Crippen molar-refractivity contribution >= 4 is 68.4 Å². The molecule has 0 aliphatic carbocycles. The first-order chi connectivity index (χ1) is 10.6. The molecule has 1 heterocycles. The third-order valence-electron chi connectivity index (χ3n) is 2.94. The minimum absolute atomic E-state index is 0.0293. The standard InChI is InChI=1S/C15H10Cl2N2OS2/c1-21-15-19-12-3-2-10(6-13(12)22-15)18-7-8-4-9(16)5-11(17)14(8)20/h2-7,20H,1H3. The van der Waals surface area contributed by atoms with E-state index in [4.69, 9.17) is 23.2 Å². The zero-order chi connectivity index (χ0) is 15.7. The second kappa shape index (κ2) is 6.46. The number of phenols is 1. The van der Waals surface area contributed by atoms with Gasteiger partial charge in [-0.25, -0.2) is 4.98 Å². The quantitative estimate of drug-likeness (QED) is 0.470. The maximum absolute atomic E-state index is 9.91. The number of thiazole rings is 1. The number of fused-ring (bicyclic) bond motifs is 1. The monoisotopic (exact) mass is 368 g/mol. The molecule has 2 aromatic carbocycles. The van der Waals surface area contributed by atoms with Crippen molar-refractivity contribution in [1.29, 1.82) is 0 Å². The zero-order valence-electron chi connectivity index (χ0n) is 11.4. The van der Waals surface area contributed by atoms with Crippen LogP contribution in [0.15, 0.2) is 39.7 Å². The molecule has 0 spiro atoms. The average molecular weight is 369 g/mol. The summed E-state index contributed by atoms with van der Waals surface area (Å²) in [4.78, 5) is 8.86. The molecule has 0 aliphatic heterocycles. The Bertz CT molecular complexity index is 877. The van der Waals surface area contributed by atoms with Gasteiger partial charge in [-0.3, -0.25) is 4.99 Å². The van der Waals surface area contributed by atoms with Gasteiger partial charge in [0.25, 0.3) is 0 Å². The summed E-state index contributed by atoms with van der Waals surface area (Å²) in [5.74, 6) is -0.0293. The van der Waals surface area contributed by atoms with Crippen LogP contribution in [0, 0.1) is 0 Å². The number of aromatic nitrogens is 1. The number of aliphatic imine (C=N–C) groups is 1. The molecule has 0 radical (unpaired) electrons. The van der Waals surface area contributed by atoms with Crippen LogP contribution in [0.3, 0.4) is 0 Å². The van der Waals surface area contributed by atoms with Gasteiger partial charge in [0.2, 0.25) is 0 Å². The van der Waals surface area contributed by atoms with Crippen molar-refractivity contribution in [2.75, 3.05) is 6.26 Å². The molecular weight excluding hydrogens is 359 g/mol. The molecular formula is C15H10Cl2N2OS2. The maximum Gasteiger partial charge on any atom is 0.150 e. The summed E-state index contributed by atoms with van der Waals surface area (Å²) in [5.41, 5.74) is 2.22. The van der Waals surface area contributed by atoms with Crippen molar-refractivity contribution in [1.82, 2.24) is 4.98 Å². The third kappa shape index (κ3) is 3.22. The Morgan fingerprint density at radius 3 is 2.86 bits per heavy atom. The van der Waals surface area contributed by atoms with Crippen LogP contribution in [0.2, 0.25) is 10.0 Å². The van der Waals surface area contributed by atoms with Gasteiger partial charge in [0.05, 0.1) is 20.9 Å². The van der Waals surface area contributed by atoms with Gasteiger partial charge in [0.1, 0.15) is 5.75 Å². The second-order valence-corrected chi connectivity index (χ2v) is 7.35. The number of nitrogens with zero attached hydrogens (tertiary/aromatic N) is 2. The predicted molar refractivity (Wildman–Crippen MR) is 96.8 cm³/mol. The summed E-state index contributed by atoms with van der Waals surface area (Å²) in [6.07, 6.45) is 3.55. The van der Waals surface area contributed by atoms with Gasteiger partial charge in [0.15, 0.2) is 4.34 Å². The van der Waals surface area contributed by atoms with Gasteiger partial charge in [-0.2, -0.15) is 0 Å². The Morgan fingerprint density at radius 1 is 1.27 bits per heavy atom. The van der Waals surface area contributed by atoms with Crippen molar-refractivity contribution in [3.8, 4) is 5.75 Å². The molecule has 1 aromatic heterocycles. The van der Waals surface area contributed by atoms with Crippen LogP contribution in [0.5, 0.6) is 5.75 Å². The van der Waals surface area contributed by atoms with E-state index in [0.29, 0.717) is 10.6 Å². The van der Waals surface area contributed by atoms with Crippen molar-refractivity contribution in [3.63, 3.8) is 0 Å². The Labute approximate surface area is 145 Å². The van der Waals surface area contributed by atoms with Crippen molar-refractivity contribution in [3.05, 3.63) is 45.9 Å². The van der Waals surface area contributed by atoms with Crippen LogP contribution in [0.25, 0.3) is 10.2 Å². The number of halogens is 2. The SMILES string of the molecule is CSc1nc2ccc(N=Cc3cc(Cl)cc(Cl)c3O)cc2s1. The summed E-state index contributed by atoms with van der Waals surface area (Å²) in [6.45, 7) is 0. The van der Waals surface area contributed by atoms with Gasteiger partial charge in [-0.05, 0) is 36.6 Å². The summed E-state index contributed by atoms with van der Waals surface area (Å²) in [6, 6.07) is 8.88. The number of aromatic hydroxyl groups is 1. The maximum atomic E-state index is 9.91. The number of hydrogen-bond donors (Lipinski definition) is 1. The molecule has 0 amide bonds. The first kappa shape index (κ1) is 15.6. The Morgan fingerprint density at radius 2 is 2.09 bits per heavy atom. The topological polar surface area (TPSA) is 45.5 Å². The third-order valence-corrected chi connectivity index (χ3v) is 5.45. The van der Waals surface area contributed by atoms with Crippen LogP contribution >= 0.6 is 46.3 Å². The largest absolute Gasteiger partial charge is 0.506 e. The fourth-order valence-electron chi connectivity index (χ4n) is 1.89. The van der Waals surface area contributed by atoms with Crippen LogP contribution in [-0.4, -0.2) is 22.6 Å². The molecule has 0 unspecified atom stereocenters. The Hall–Kier alpha value is -1.27. The molecule has 3 aromatic rings. The van der Waals surface area contributed by atoms with Crippen molar-refractivity contribution < 1.29 is 5.11 Å². The molecule has 0 fully saturated rings. The normalized spacial score (nSPS) is 11.6. The van der Waals surface area contributed by atoms with Gasteiger partial charge in [-0.1, -0.05) is 35.0 Å². The van der Waals surface area contributed by atoms with E-state index in [0.717, 1.165) is 20.2 Å². The van der Waals surface area contributed by atoms with E-state index in [1.165, 1.54) is 6.07 Å². The predicted octanol–water partition coefficient (Wildman–Crippen LogP) is 5.78. The number of hydrogen-bond acceptors (Lipinski definition) is 5.